The van der Waals surface area contributed by atoms with Crippen LogP contribution in [0.2, 0.25) is 0 Å². The number of aromatic nitrogens is 3. The predicted molar refractivity (Wildman–Crippen MR) is 87.3 cm³/mol. The van der Waals surface area contributed by atoms with Gasteiger partial charge in [-0.15, -0.1) is 0 Å². The van der Waals surface area contributed by atoms with Gasteiger partial charge in [0.25, 0.3) is 5.89 Å². The molecule has 0 saturated carbocycles. The van der Waals surface area contributed by atoms with E-state index in [9.17, 15) is 4.79 Å². The largest absolute Gasteiger partial charge is 0.444 e. The van der Waals surface area contributed by atoms with E-state index in [0.29, 0.717) is 24.8 Å². The molecule has 2 aromatic heterocycles. The van der Waals surface area contributed by atoms with Crippen LogP contribution in [0.4, 0.5) is 4.79 Å². The maximum Gasteiger partial charge on any atom is 0.410 e. The van der Waals surface area contributed by atoms with Crippen molar-refractivity contribution in [3.8, 4) is 11.5 Å². The molecule has 7 heteroatoms. The van der Waals surface area contributed by atoms with E-state index in [4.69, 9.17) is 9.26 Å². The first kappa shape index (κ1) is 16.4. The van der Waals surface area contributed by atoms with Crippen LogP contribution in [0, 0.1) is 0 Å². The van der Waals surface area contributed by atoms with Crippen LogP contribution >= 0.6 is 0 Å². The van der Waals surface area contributed by atoms with Crippen molar-refractivity contribution in [3.05, 3.63) is 30.4 Å². The van der Waals surface area contributed by atoms with Crippen LogP contribution < -0.4 is 0 Å². The van der Waals surface area contributed by atoms with Crippen molar-refractivity contribution >= 4 is 6.09 Å². The third kappa shape index (κ3) is 3.90. The molecule has 0 aliphatic carbocycles. The molecule has 2 aromatic rings. The van der Waals surface area contributed by atoms with Crippen LogP contribution in [0.1, 0.15) is 45.4 Å². The van der Waals surface area contributed by atoms with E-state index < -0.39 is 5.60 Å². The SMILES string of the molecule is CC(C)(C)OC(=O)N1CCCC(c2noc(-c3ccncc3)n2)C1. The molecule has 0 aromatic carbocycles. The molecule has 7 nitrogen and oxygen atoms in total. The Labute approximate surface area is 141 Å². The van der Waals surface area contributed by atoms with Crippen LogP contribution in [-0.2, 0) is 4.74 Å². The molecule has 0 N–H and O–H groups in total. The Bertz CT molecular complexity index is 693. The average Bonchev–Trinajstić information content (AvgIpc) is 3.04. The normalized spacial score (nSPS) is 18.5. The molecule has 128 valence electrons. The van der Waals surface area contributed by atoms with E-state index in [1.165, 1.54) is 0 Å². The van der Waals surface area contributed by atoms with Gasteiger partial charge in [-0.05, 0) is 45.7 Å². The van der Waals surface area contributed by atoms with Crippen molar-refractivity contribution in [3.63, 3.8) is 0 Å². The highest BCUT2D eigenvalue weighted by atomic mass is 16.6. The number of carbonyl (C=O) groups excluding carboxylic acids is 1. The van der Waals surface area contributed by atoms with Crippen LogP contribution in [0.3, 0.4) is 0 Å². The quantitative estimate of drug-likeness (QED) is 0.841. The highest BCUT2D eigenvalue weighted by molar-refractivity contribution is 5.68. The molecule has 0 bridgehead atoms. The predicted octanol–water partition coefficient (Wildman–Crippen LogP) is 3.25. The minimum atomic E-state index is -0.495. The summed E-state index contributed by atoms with van der Waals surface area (Å²) in [5.41, 5.74) is 0.341. The number of carbonyl (C=O) groups is 1. The Hall–Kier alpha value is -2.44. The molecule has 1 fully saturated rings. The fraction of sp³-hybridized carbons (Fsp3) is 0.529. The van der Waals surface area contributed by atoms with Crippen LogP contribution in [0.5, 0.6) is 0 Å². The maximum absolute atomic E-state index is 12.2. The third-order valence-corrected chi connectivity index (χ3v) is 3.81. The molecule has 0 radical (unpaired) electrons. The summed E-state index contributed by atoms with van der Waals surface area (Å²) in [6.45, 7) is 6.84. The molecular formula is C17H22N4O3. The van der Waals surface area contributed by atoms with E-state index >= 15 is 0 Å². The molecule has 3 rings (SSSR count). The molecule has 1 atom stereocenters. The van der Waals surface area contributed by atoms with Gasteiger partial charge in [-0.3, -0.25) is 4.98 Å². The Kier molecular flexibility index (Phi) is 4.51. The minimum Gasteiger partial charge on any atom is -0.444 e. The number of hydrogen-bond acceptors (Lipinski definition) is 6. The molecular weight excluding hydrogens is 308 g/mol. The monoisotopic (exact) mass is 330 g/mol. The second-order valence-electron chi connectivity index (χ2n) is 6.96. The smallest absolute Gasteiger partial charge is 0.410 e. The van der Waals surface area contributed by atoms with Crippen molar-refractivity contribution in [2.45, 2.75) is 45.1 Å². The lowest BCUT2D eigenvalue weighted by Crippen LogP contribution is -2.42. The summed E-state index contributed by atoms with van der Waals surface area (Å²) < 4.78 is 10.8. The summed E-state index contributed by atoms with van der Waals surface area (Å²) in [4.78, 5) is 22.4. The molecule has 1 aliphatic rings. The van der Waals surface area contributed by atoms with Crippen LogP contribution in [-0.4, -0.2) is 44.8 Å². The van der Waals surface area contributed by atoms with Gasteiger partial charge < -0.3 is 14.2 Å². The Morgan fingerprint density at radius 3 is 2.79 bits per heavy atom. The number of hydrogen-bond donors (Lipinski definition) is 0. The lowest BCUT2D eigenvalue weighted by molar-refractivity contribution is 0.0195. The van der Waals surface area contributed by atoms with Crippen molar-refractivity contribution in [2.75, 3.05) is 13.1 Å². The van der Waals surface area contributed by atoms with Gasteiger partial charge in [0, 0.05) is 37.0 Å². The van der Waals surface area contributed by atoms with Crippen molar-refractivity contribution in [1.82, 2.24) is 20.0 Å². The number of likely N-dealkylation sites (tertiary alicyclic amines) is 1. The van der Waals surface area contributed by atoms with Gasteiger partial charge in [-0.1, -0.05) is 5.16 Å². The second kappa shape index (κ2) is 6.59. The lowest BCUT2D eigenvalue weighted by atomic mass is 9.98. The molecule has 1 unspecified atom stereocenters. The standard InChI is InChI=1S/C17H22N4O3/c1-17(2,3)23-16(22)21-10-4-5-13(11-21)14-19-15(24-20-14)12-6-8-18-9-7-12/h6-9,13H,4-5,10-11H2,1-3H3. The summed E-state index contributed by atoms with van der Waals surface area (Å²) in [6.07, 6.45) is 4.90. The van der Waals surface area contributed by atoms with Crippen LogP contribution in [0.15, 0.2) is 29.0 Å². The highest BCUT2D eigenvalue weighted by Crippen LogP contribution is 2.27. The van der Waals surface area contributed by atoms with Crippen molar-refractivity contribution in [1.29, 1.82) is 0 Å². The highest BCUT2D eigenvalue weighted by Gasteiger charge is 2.30. The minimum absolute atomic E-state index is 0.0607. The number of piperidine rings is 1. The van der Waals surface area contributed by atoms with Crippen molar-refractivity contribution < 1.29 is 14.1 Å². The van der Waals surface area contributed by atoms with E-state index in [1.54, 1.807) is 17.3 Å². The molecule has 1 saturated heterocycles. The van der Waals surface area contributed by atoms with Crippen molar-refractivity contribution in [2.24, 2.45) is 0 Å². The lowest BCUT2D eigenvalue weighted by Gasteiger charge is -2.32. The average molecular weight is 330 g/mol. The van der Waals surface area contributed by atoms with Crippen LogP contribution in [0.25, 0.3) is 11.5 Å². The Morgan fingerprint density at radius 1 is 1.33 bits per heavy atom. The zero-order chi connectivity index (χ0) is 17.2. The van der Waals surface area contributed by atoms with E-state index in [0.717, 1.165) is 18.4 Å². The molecule has 3 heterocycles. The first-order valence-electron chi connectivity index (χ1n) is 8.14. The summed E-state index contributed by atoms with van der Waals surface area (Å²) in [5.74, 6) is 1.17. The fourth-order valence-corrected chi connectivity index (χ4v) is 2.69. The Balaban J connectivity index is 1.69. The number of nitrogens with zero attached hydrogens (tertiary/aromatic N) is 4. The van der Waals surface area contributed by atoms with E-state index in [1.807, 2.05) is 32.9 Å². The van der Waals surface area contributed by atoms with Gasteiger partial charge in [0.1, 0.15) is 5.60 Å². The van der Waals surface area contributed by atoms with Gasteiger partial charge in [0.15, 0.2) is 5.82 Å². The third-order valence-electron chi connectivity index (χ3n) is 3.81. The topological polar surface area (TPSA) is 81.4 Å². The van der Waals surface area contributed by atoms with Gasteiger partial charge in [-0.2, -0.15) is 4.98 Å². The number of rotatable bonds is 2. The zero-order valence-electron chi connectivity index (χ0n) is 14.2. The van der Waals surface area contributed by atoms with E-state index in [-0.39, 0.29) is 12.0 Å². The summed E-state index contributed by atoms with van der Waals surface area (Å²) in [6, 6.07) is 3.65. The first-order valence-corrected chi connectivity index (χ1v) is 8.14. The van der Waals surface area contributed by atoms with Gasteiger partial charge in [0.2, 0.25) is 0 Å². The number of ether oxygens (including phenoxy) is 1. The van der Waals surface area contributed by atoms with Gasteiger partial charge in [-0.25, -0.2) is 4.79 Å². The summed E-state index contributed by atoms with van der Waals surface area (Å²) in [7, 11) is 0. The molecule has 1 aliphatic heterocycles. The van der Waals surface area contributed by atoms with Gasteiger partial charge in [0.05, 0.1) is 0 Å². The Morgan fingerprint density at radius 2 is 2.08 bits per heavy atom. The van der Waals surface area contributed by atoms with Gasteiger partial charge >= 0.3 is 6.09 Å². The second-order valence-corrected chi connectivity index (χ2v) is 6.96. The maximum atomic E-state index is 12.2. The van der Waals surface area contributed by atoms with E-state index in [2.05, 4.69) is 15.1 Å². The summed E-state index contributed by atoms with van der Waals surface area (Å²) >= 11 is 0. The number of pyridine rings is 1. The fourth-order valence-electron chi connectivity index (χ4n) is 2.69. The first-order chi connectivity index (χ1) is 11.4. The molecule has 24 heavy (non-hydrogen) atoms. The number of amides is 1. The summed E-state index contributed by atoms with van der Waals surface area (Å²) in [5, 5.41) is 4.10. The molecule has 1 amide bonds. The zero-order valence-corrected chi connectivity index (χ0v) is 14.2. The molecule has 0 spiro atoms.